The van der Waals surface area contributed by atoms with E-state index >= 15 is 0 Å². The largest absolute Gasteiger partial charge is 0.379 e. The summed E-state index contributed by atoms with van der Waals surface area (Å²) < 4.78 is 9.68. The van der Waals surface area contributed by atoms with Gasteiger partial charge in [-0.25, -0.2) is 19.5 Å². The van der Waals surface area contributed by atoms with Crippen LogP contribution in [0.3, 0.4) is 0 Å². The molecule has 0 spiro atoms. The molecule has 0 radical (unpaired) electrons. The molecule has 0 amide bonds. The highest BCUT2D eigenvalue weighted by atomic mass is 16.5. The first-order valence-electron chi connectivity index (χ1n) is 10.8. The van der Waals surface area contributed by atoms with Gasteiger partial charge in [0, 0.05) is 48.1 Å². The average molecular weight is 406 g/mol. The van der Waals surface area contributed by atoms with Gasteiger partial charge in [0.1, 0.15) is 0 Å². The summed E-state index contributed by atoms with van der Waals surface area (Å²) in [6.45, 7) is 4.97. The fraction of sp³-hybridized carbons (Fsp3) is 0.455. The molecule has 8 heteroatoms. The van der Waals surface area contributed by atoms with Gasteiger partial charge in [-0.2, -0.15) is 0 Å². The minimum atomic E-state index is 0.398. The second-order valence-electron chi connectivity index (χ2n) is 7.83. The number of anilines is 1. The standard InChI is InChI=1S/C22H27N7O/c1-3-17-12-25-22-24-11-15(14-28(17)22)19-9-10-29-20(19)13-23-21(27-29)26-16-5-7-18(8-6-16)30-4-2/h9-14,16,18H,3-8H2,1-2H3,(H,26,27). The van der Waals surface area contributed by atoms with Crippen molar-refractivity contribution in [3.8, 4) is 11.1 Å². The molecule has 1 saturated carbocycles. The van der Waals surface area contributed by atoms with Crippen LogP contribution in [0.25, 0.3) is 22.4 Å². The molecule has 156 valence electrons. The summed E-state index contributed by atoms with van der Waals surface area (Å²) in [4.78, 5) is 13.5. The number of hydrogen-bond donors (Lipinski definition) is 1. The predicted molar refractivity (Wildman–Crippen MR) is 116 cm³/mol. The van der Waals surface area contributed by atoms with E-state index in [1.807, 2.05) is 33.7 Å². The zero-order valence-electron chi connectivity index (χ0n) is 17.5. The third-order valence-corrected chi connectivity index (χ3v) is 5.94. The molecule has 0 saturated heterocycles. The van der Waals surface area contributed by atoms with Crippen molar-refractivity contribution in [3.05, 3.63) is 42.7 Å². The number of nitrogens with zero attached hydrogens (tertiary/aromatic N) is 6. The maximum Gasteiger partial charge on any atom is 0.241 e. The first-order valence-corrected chi connectivity index (χ1v) is 10.8. The van der Waals surface area contributed by atoms with E-state index in [0.29, 0.717) is 18.1 Å². The lowest BCUT2D eigenvalue weighted by Gasteiger charge is -2.28. The van der Waals surface area contributed by atoms with Crippen molar-refractivity contribution in [2.45, 2.75) is 58.1 Å². The van der Waals surface area contributed by atoms with Crippen molar-refractivity contribution >= 4 is 17.2 Å². The molecule has 4 aromatic heterocycles. The second-order valence-corrected chi connectivity index (χ2v) is 7.83. The SMILES string of the molecule is CCOC1CCC(Nc2ncc3c(-c4cnc5ncc(CC)n5c4)ccn3n2)CC1. The molecule has 5 rings (SSSR count). The minimum Gasteiger partial charge on any atom is -0.379 e. The van der Waals surface area contributed by atoms with Crippen LogP contribution in [0.15, 0.2) is 37.1 Å². The van der Waals surface area contributed by atoms with Crippen LogP contribution in [0.4, 0.5) is 5.95 Å². The fourth-order valence-electron chi connectivity index (χ4n) is 4.32. The highest BCUT2D eigenvalue weighted by Crippen LogP contribution is 2.26. The normalized spacial score (nSPS) is 19.5. The molecule has 1 fully saturated rings. The third-order valence-electron chi connectivity index (χ3n) is 5.94. The van der Waals surface area contributed by atoms with Crippen LogP contribution >= 0.6 is 0 Å². The molecule has 8 nitrogen and oxygen atoms in total. The Hall–Kier alpha value is -3.00. The molecule has 0 bridgehead atoms. The zero-order valence-corrected chi connectivity index (χ0v) is 17.5. The van der Waals surface area contributed by atoms with Gasteiger partial charge in [-0.3, -0.25) is 4.40 Å². The Morgan fingerprint density at radius 2 is 1.90 bits per heavy atom. The summed E-state index contributed by atoms with van der Waals surface area (Å²) >= 11 is 0. The fourth-order valence-corrected chi connectivity index (χ4v) is 4.32. The first-order chi connectivity index (χ1) is 14.7. The van der Waals surface area contributed by atoms with Gasteiger partial charge in [-0.05, 0) is 45.1 Å². The molecule has 1 aliphatic rings. The molecule has 1 aliphatic carbocycles. The summed E-state index contributed by atoms with van der Waals surface area (Å²) in [7, 11) is 0. The van der Waals surface area contributed by atoms with Gasteiger partial charge in [-0.15, -0.1) is 5.10 Å². The number of nitrogens with one attached hydrogen (secondary N) is 1. The van der Waals surface area contributed by atoms with Gasteiger partial charge < -0.3 is 10.1 Å². The van der Waals surface area contributed by atoms with E-state index < -0.39 is 0 Å². The number of ether oxygens (including phenoxy) is 1. The van der Waals surface area contributed by atoms with Gasteiger partial charge in [0.2, 0.25) is 11.7 Å². The van der Waals surface area contributed by atoms with Crippen molar-refractivity contribution in [1.29, 1.82) is 0 Å². The number of hydrogen-bond acceptors (Lipinski definition) is 6. The molecular formula is C22H27N7O. The number of fused-ring (bicyclic) bond motifs is 2. The van der Waals surface area contributed by atoms with Gasteiger partial charge >= 0.3 is 0 Å². The highest BCUT2D eigenvalue weighted by molar-refractivity contribution is 5.79. The summed E-state index contributed by atoms with van der Waals surface area (Å²) in [5.41, 5.74) is 4.18. The van der Waals surface area contributed by atoms with E-state index in [1.54, 1.807) is 0 Å². The van der Waals surface area contributed by atoms with Gasteiger partial charge in [0.25, 0.3) is 0 Å². The summed E-state index contributed by atoms with van der Waals surface area (Å²) in [6, 6.07) is 2.46. The molecule has 0 unspecified atom stereocenters. The molecule has 0 aliphatic heterocycles. The maximum absolute atomic E-state index is 5.75. The number of imidazole rings is 1. The van der Waals surface area contributed by atoms with Crippen molar-refractivity contribution in [1.82, 2.24) is 29.0 Å². The third kappa shape index (κ3) is 3.52. The smallest absolute Gasteiger partial charge is 0.241 e. The summed E-state index contributed by atoms with van der Waals surface area (Å²) in [6.07, 6.45) is 15.3. The maximum atomic E-state index is 5.75. The second kappa shape index (κ2) is 8.02. The molecular weight excluding hydrogens is 378 g/mol. The molecule has 0 atom stereocenters. The molecule has 30 heavy (non-hydrogen) atoms. The van der Waals surface area contributed by atoms with E-state index in [9.17, 15) is 0 Å². The topological polar surface area (TPSA) is 81.6 Å². The first kappa shape index (κ1) is 19.0. The van der Waals surface area contributed by atoms with Crippen LogP contribution < -0.4 is 5.32 Å². The van der Waals surface area contributed by atoms with Crippen LogP contribution in [0.2, 0.25) is 0 Å². The molecule has 1 N–H and O–H groups in total. The number of aromatic nitrogens is 6. The lowest BCUT2D eigenvalue weighted by atomic mass is 9.93. The monoisotopic (exact) mass is 405 g/mol. The van der Waals surface area contributed by atoms with Crippen LogP contribution in [0.5, 0.6) is 0 Å². The molecule has 4 aromatic rings. The van der Waals surface area contributed by atoms with Gasteiger partial charge in [-0.1, -0.05) is 6.92 Å². The minimum absolute atomic E-state index is 0.398. The Kier molecular flexibility index (Phi) is 5.08. The Balaban J connectivity index is 1.37. The lowest BCUT2D eigenvalue weighted by Crippen LogP contribution is -2.30. The van der Waals surface area contributed by atoms with Crippen molar-refractivity contribution in [2.24, 2.45) is 0 Å². The molecule has 4 heterocycles. The van der Waals surface area contributed by atoms with Gasteiger partial charge in [0.05, 0.1) is 24.0 Å². The van der Waals surface area contributed by atoms with E-state index in [4.69, 9.17) is 4.74 Å². The van der Waals surface area contributed by atoms with Crippen molar-refractivity contribution in [2.75, 3.05) is 11.9 Å². The van der Waals surface area contributed by atoms with Gasteiger partial charge in [0.15, 0.2) is 0 Å². The Morgan fingerprint density at radius 3 is 2.70 bits per heavy atom. The van der Waals surface area contributed by atoms with Crippen molar-refractivity contribution in [3.63, 3.8) is 0 Å². The predicted octanol–water partition coefficient (Wildman–Crippen LogP) is 3.76. The lowest BCUT2D eigenvalue weighted by molar-refractivity contribution is 0.0346. The van der Waals surface area contributed by atoms with Crippen LogP contribution in [0.1, 0.15) is 45.2 Å². The quantitative estimate of drug-likeness (QED) is 0.526. The van der Waals surface area contributed by atoms with E-state index in [0.717, 1.165) is 66.8 Å². The average Bonchev–Trinajstić information content (AvgIpc) is 3.38. The van der Waals surface area contributed by atoms with Crippen LogP contribution in [0, 0.1) is 0 Å². The Morgan fingerprint density at radius 1 is 1.07 bits per heavy atom. The Bertz CT molecular complexity index is 1160. The number of rotatable bonds is 6. The summed E-state index contributed by atoms with van der Waals surface area (Å²) in [5, 5.41) is 8.18. The van der Waals surface area contributed by atoms with Crippen LogP contribution in [-0.2, 0) is 11.2 Å². The highest BCUT2D eigenvalue weighted by Gasteiger charge is 2.22. The zero-order chi connectivity index (χ0) is 20.5. The Labute approximate surface area is 175 Å². The van der Waals surface area contributed by atoms with Crippen LogP contribution in [-0.4, -0.2) is 47.7 Å². The van der Waals surface area contributed by atoms with E-state index in [2.05, 4.69) is 51.5 Å². The van der Waals surface area contributed by atoms with E-state index in [1.165, 1.54) is 0 Å². The van der Waals surface area contributed by atoms with E-state index in [-0.39, 0.29) is 0 Å². The van der Waals surface area contributed by atoms with Crippen molar-refractivity contribution < 1.29 is 4.74 Å². The molecule has 0 aromatic carbocycles. The summed E-state index contributed by atoms with van der Waals surface area (Å²) in [5.74, 6) is 1.39. The number of aryl methyl sites for hydroxylation is 1.